The topological polar surface area (TPSA) is 24.9 Å². The van der Waals surface area contributed by atoms with Crippen molar-refractivity contribution in [2.45, 2.75) is 66.6 Å². The molecule has 0 atom stereocenters. The lowest BCUT2D eigenvalue weighted by Gasteiger charge is -2.27. The first-order valence-corrected chi connectivity index (χ1v) is 23.9. The van der Waals surface area contributed by atoms with E-state index in [-0.39, 0.29) is 0 Å². The summed E-state index contributed by atoms with van der Waals surface area (Å²) in [6.07, 6.45) is 7.34. The second-order valence-electron chi connectivity index (χ2n) is 17.9. The molecule has 0 saturated heterocycles. The molecule has 68 heavy (non-hydrogen) atoms. The molecular formula is C64H64N2O2. The van der Waals surface area contributed by atoms with Gasteiger partial charge in [-0.05, 0) is 193 Å². The van der Waals surface area contributed by atoms with Crippen LogP contribution >= 0.6 is 0 Å². The van der Waals surface area contributed by atoms with Gasteiger partial charge in [0, 0.05) is 34.1 Å². The molecule has 8 aromatic rings. The van der Waals surface area contributed by atoms with E-state index >= 15 is 0 Å². The standard InChI is InChI=1S/C64H64N2O2/c1-7-51-11-17-57(18-12-51)45-67-41-39-55-25-35-61(36-26-55)65(63-29-9-47(3)49(5)43-63)59-31-21-53(22-32-59)15-16-54-23-33-60(34-24-54)66(64-30-10-48(4)50(6)44-64)62-37-27-56(28-38-62)40-42-68-46-58-19-13-52(8-2)14-20-58/h7-14,17-38,43-44H,1-2,15-16,39-42,45-46H2,3-6H3. The molecule has 0 unspecified atom stereocenters. The predicted molar refractivity (Wildman–Crippen MR) is 288 cm³/mol. The van der Waals surface area contributed by atoms with Crippen LogP contribution in [0.3, 0.4) is 0 Å². The minimum absolute atomic E-state index is 0.605. The van der Waals surface area contributed by atoms with Crippen LogP contribution in [0.5, 0.6) is 0 Å². The Labute approximate surface area is 405 Å². The number of rotatable bonds is 21. The van der Waals surface area contributed by atoms with Crippen LogP contribution in [0.4, 0.5) is 34.1 Å². The van der Waals surface area contributed by atoms with Crippen molar-refractivity contribution in [3.05, 3.63) is 262 Å². The van der Waals surface area contributed by atoms with Gasteiger partial charge in [0.2, 0.25) is 0 Å². The zero-order chi connectivity index (χ0) is 47.2. The largest absolute Gasteiger partial charge is 0.376 e. The third kappa shape index (κ3) is 12.4. The first-order valence-electron chi connectivity index (χ1n) is 23.9. The number of aryl methyl sites for hydroxylation is 6. The van der Waals surface area contributed by atoms with Crippen molar-refractivity contribution in [2.24, 2.45) is 0 Å². The van der Waals surface area contributed by atoms with Crippen molar-refractivity contribution in [1.29, 1.82) is 0 Å². The lowest BCUT2D eigenvalue weighted by Crippen LogP contribution is -2.11. The maximum absolute atomic E-state index is 6.04. The van der Waals surface area contributed by atoms with Crippen LogP contribution in [0.2, 0.25) is 0 Å². The highest BCUT2D eigenvalue weighted by Gasteiger charge is 2.16. The van der Waals surface area contributed by atoms with Gasteiger partial charge in [-0.2, -0.15) is 0 Å². The molecule has 0 aliphatic carbocycles. The van der Waals surface area contributed by atoms with Crippen molar-refractivity contribution < 1.29 is 9.47 Å². The minimum atomic E-state index is 0.605. The van der Waals surface area contributed by atoms with Gasteiger partial charge in [-0.15, -0.1) is 0 Å². The van der Waals surface area contributed by atoms with E-state index in [0.717, 1.165) is 70.9 Å². The highest BCUT2D eigenvalue weighted by molar-refractivity contribution is 5.78. The number of benzene rings is 8. The highest BCUT2D eigenvalue weighted by Crippen LogP contribution is 2.38. The van der Waals surface area contributed by atoms with E-state index in [4.69, 9.17) is 9.47 Å². The molecule has 8 rings (SSSR count). The number of ether oxygens (including phenoxy) is 2. The second kappa shape index (κ2) is 23.0. The number of anilines is 6. The summed E-state index contributed by atoms with van der Waals surface area (Å²) in [4.78, 5) is 4.72. The highest BCUT2D eigenvalue weighted by atomic mass is 16.5. The van der Waals surface area contributed by atoms with Crippen LogP contribution in [0.15, 0.2) is 195 Å². The minimum Gasteiger partial charge on any atom is -0.376 e. The summed E-state index contributed by atoms with van der Waals surface area (Å²) in [5.41, 5.74) is 21.7. The summed E-state index contributed by atoms with van der Waals surface area (Å²) in [5, 5.41) is 0. The summed E-state index contributed by atoms with van der Waals surface area (Å²) in [6, 6.07) is 66.2. The number of nitrogens with zero attached hydrogens (tertiary/aromatic N) is 2. The average Bonchev–Trinajstić information content (AvgIpc) is 3.38. The molecule has 4 nitrogen and oxygen atoms in total. The fourth-order valence-electron chi connectivity index (χ4n) is 8.42. The summed E-state index contributed by atoms with van der Waals surface area (Å²) >= 11 is 0. The molecule has 4 heteroatoms. The van der Waals surface area contributed by atoms with Gasteiger partial charge in [-0.1, -0.05) is 135 Å². The Hall–Kier alpha value is -7.24. The van der Waals surface area contributed by atoms with Crippen LogP contribution in [-0.4, -0.2) is 13.2 Å². The van der Waals surface area contributed by atoms with Crippen LogP contribution < -0.4 is 9.80 Å². The Morgan fingerprint density at radius 2 is 0.603 bits per heavy atom. The van der Waals surface area contributed by atoms with Gasteiger partial charge >= 0.3 is 0 Å². The lowest BCUT2D eigenvalue weighted by molar-refractivity contribution is 0.124. The van der Waals surface area contributed by atoms with Crippen LogP contribution in [0.25, 0.3) is 12.2 Å². The first-order chi connectivity index (χ1) is 33.2. The van der Waals surface area contributed by atoms with Crippen LogP contribution in [-0.2, 0) is 48.4 Å². The van der Waals surface area contributed by atoms with Crippen molar-refractivity contribution in [3.63, 3.8) is 0 Å². The van der Waals surface area contributed by atoms with Crippen LogP contribution in [0, 0.1) is 27.7 Å². The van der Waals surface area contributed by atoms with E-state index in [1.807, 2.05) is 12.2 Å². The Morgan fingerprint density at radius 1 is 0.324 bits per heavy atom. The molecule has 0 bridgehead atoms. The van der Waals surface area contributed by atoms with Gasteiger partial charge in [-0.25, -0.2) is 0 Å². The molecular weight excluding hydrogens is 829 g/mol. The van der Waals surface area contributed by atoms with Gasteiger partial charge in [0.1, 0.15) is 0 Å². The van der Waals surface area contributed by atoms with Crippen molar-refractivity contribution in [3.8, 4) is 0 Å². The molecule has 0 aromatic heterocycles. The quantitative estimate of drug-likeness (QED) is 0.0671. The molecule has 0 aliphatic heterocycles. The normalized spacial score (nSPS) is 11.1. The van der Waals surface area contributed by atoms with Crippen molar-refractivity contribution >= 4 is 46.3 Å². The Kier molecular flexibility index (Phi) is 16.0. The Bertz CT molecular complexity index is 2680. The fraction of sp³-hybridized carbons (Fsp3) is 0.188. The monoisotopic (exact) mass is 892 g/mol. The Balaban J connectivity index is 0.908. The van der Waals surface area contributed by atoms with Gasteiger partial charge < -0.3 is 19.3 Å². The summed E-state index contributed by atoms with van der Waals surface area (Å²) in [6.45, 7) is 18.9. The molecule has 0 saturated carbocycles. The van der Waals surface area contributed by atoms with E-state index in [1.54, 1.807) is 0 Å². The molecule has 0 spiro atoms. The van der Waals surface area contributed by atoms with E-state index < -0.39 is 0 Å². The molecule has 0 amide bonds. The summed E-state index contributed by atoms with van der Waals surface area (Å²) in [5.74, 6) is 0. The molecule has 0 N–H and O–H groups in total. The average molecular weight is 893 g/mol. The van der Waals surface area contributed by atoms with Gasteiger partial charge in [0.05, 0.1) is 26.4 Å². The van der Waals surface area contributed by atoms with E-state index in [0.29, 0.717) is 26.4 Å². The van der Waals surface area contributed by atoms with E-state index in [2.05, 4.69) is 233 Å². The van der Waals surface area contributed by atoms with Crippen molar-refractivity contribution in [1.82, 2.24) is 0 Å². The zero-order valence-electron chi connectivity index (χ0n) is 40.3. The number of hydrogen-bond acceptors (Lipinski definition) is 4. The molecule has 0 aliphatic rings. The molecule has 342 valence electrons. The zero-order valence-corrected chi connectivity index (χ0v) is 40.3. The number of hydrogen-bond donors (Lipinski definition) is 0. The van der Waals surface area contributed by atoms with Gasteiger partial charge in [-0.3, -0.25) is 0 Å². The molecule has 0 radical (unpaired) electrons. The third-order valence-corrected chi connectivity index (χ3v) is 13.0. The van der Waals surface area contributed by atoms with E-state index in [1.165, 1.54) is 55.6 Å². The van der Waals surface area contributed by atoms with Gasteiger partial charge in [0.25, 0.3) is 0 Å². The van der Waals surface area contributed by atoms with Crippen LogP contribution in [0.1, 0.15) is 66.8 Å². The summed E-state index contributed by atoms with van der Waals surface area (Å²) < 4.78 is 12.1. The summed E-state index contributed by atoms with van der Waals surface area (Å²) in [7, 11) is 0. The van der Waals surface area contributed by atoms with Gasteiger partial charge in [0.15, 0.2) is 0 Å². The lowest BCUT2D eigenvalue weighted by atomic mass is 10.0. The molecule has 8 aromatic carbocycles. The molecule has 0 heterocycles. The Morgan fingerprint density at radius 3 is 0.897 bits per heavy atom. The maximum atomic E-state index is 6.04. The smallest absolute Gasteiger partial charge is 0.0717 e. The maximum Gasteiger partial charge on any atom is 0.0717 e. The second-order valence-corrected chi connectivity index (χ2v) is 17.9. The first kappa shape index (κ1) is 47.3. The molecule has 0 fully saturated rings. The fourth-order valence-corrected chi connectivity index (χ4v) is 8.42. The predicted octanol–water partition coefficient (Wildman–Crippen LogP) is 16.4. The SMILES string of the molecule is C=Cc1ccc(COCCc2ccc(N(c3ccc(CCc4ccc(N(c5ccc(CCOCc6ccc(C=C)cc6)cc5)c5ccc(C)c(C)c5)cc4)cc3)c3ccc(C)c(C)c3)cc2)cc1. The van der Waals surface area contributed by atoms with E-state index in [9.17, 15) is 0 Å². The van der Waals surface area contributed by atoms with Crippen molar-refractivity contribution in [2.75, 3.05) is 23.0 Å². The third-order valence-electron chi connectivity index (χ3n) is 13.0.